The SMILES string of the molecule is CC(C)(C)OC(=O)NCCCc1c[nH]c(=O)c(C=O)c1. The van der Waals surface area contributed by atoms with Crippen molar-refractivity contribution in [3.63, 3.8) is 0 Å². The van der Waals surface area contributed by atoms with Crippen LogP contribution in [0.5, 0.6) is 0 Å². The van der Waals surface area contributed by atoms with Gasteiger partial charge in [0.2, 0.25) is 0 Å². The Morgan fingerprint density at radius 1 is 1.45 bits per heavy atom. The molecule has 0 saturated carbocycles. The first kappa shape index (κ1) is 15.9. The number of carbonyl (C=O) groups excluding carboxylic acids is 2. The maximum atomic E-state index is 11.4. The van der Waals surface area contributed by atoms with Crippen LogP contribution in [0.25, 0.3) is 0 Å². The smallest absolute Gasteiger partial charge is 0.407 e. The van der Waals surface area contributed by atoms with Crippen LogP contribution in [0.3, 0.4) is 0 Å². The van der Waals surface area contributed by atoms with E-state index < -0.39 is 17.3 Å². The van der Waals surface area contributed by atoms with Crippen LogP contribution in [0, 0.1) is 0 Å². The van der Waals surface area contributed by atoms with E-state index >= 15 is 0 Å². The average Bonchev–Trinajstić information content (AvgIpc) is 2.34. The highest BCUT2D eigenvalue weighted by molar-refractivity contribution is 5.74. The molecule has 0 saturated heterocycles. The van der Waals surface area contributed by atoms with Gasteiger partial charge in [0.1, 0.15) is 5.60 Å². The Morgan fingerprint density at radius 3 is 2.75 bits per heavy atom. The van der Waals surface area contributed by atoms with Crippen LogP contribution in [-0.4, -0.2) is 29.5 Å². The molecular weight excluding hydrogens is 260 g/mol. The molecule has 20 heavy (non-hydrogen) atoms. The monoisotopic (exact) mass is 280 g/mol. The molecule has 6 nitrogen and oxygen atoms in total. The van der Waals surface area contributed by atoms with Crippen LogP contribution >= 0.6 is 0 Å². The van der Waals surface area contributed by atoms with E-state index in [1.54, 1.807) is 33.0 Å². The summed E-state index contributed by atoms with van der Waals surface area (Å²) >= 11 is 0. The number of pyridine rings is 1. The number of hydrogen-bond acceptors (Lipinski definition) is 4. The van der Waals surface area contributed by atoms with E-state index in [1.807, 2.05) is 0 Å². The number of amides is 1. The molecule has 1 rings (SSSR count). The van der Waals surface area contributed by atoms with Gasteiger partial charge in [-0.05, 0) is 45.2 Å². The summed E-state index contributed by atoms with van der Waals surface area (Å²) in [5.74, 6) is 0. The Kier molecular flexibility index (Phi) is 5.49. The number of aromatic amines is 1. The van der Waals surface area contributed by atoms with Gasteiger partial charge >= 0.3 is 6.09 Å². The van der Waals surface area contributed by atoms with Gasteiger partial charge in [0, 0.05) is 12.7 Å². The Bertz CT molecular complexity index is 529. The molecule has 1 amide bonds. The highest BCUT2D eigenvalue weighted by Gasteiger charge is 2.15. The van der Waals surface area contributed by atoms with Crippen LogP contribution in [0.1, 0.15) is 43.1 Å². The molecule has 0 atom stereocenters. The fraction of sp³-hybridized carbons (Fsp3) is 0.500. The van der Waals surface area contributed by atoms with Crippen molar-refractivity contribution in [1.82, 2.24) is 10.3 Å². The molecule has 1 aromatic heterocycles. The van der Waals surface area contributed by atoms with Crippen molar-refractivity contribution < 1.29 is 14.3 Å². The summed E-state index contributed by atoms with van der Waals surface area (Å²) in [7, 11) is 0. The number of aryl methyl sites for hydroxylation is 1. The molecule has 0 aliphatic carbocycles. The lowest BCUT2D eigenvalue weighted by Crippen LogP contribution is -2.33. The van der Waals surface area contributed by atoms with Crippen molar-refractivity contribution in [2.24, 2.45) is 0 Å². The number of alkyl carbamates (subject to hydrolysis) is 1. The highest BCUT2D eigenvalue weighted by Crippen LogP contribution is 2.06. The Labute approximate surface area is 117 Å². The van der Waals surface area contributed by atoms with Gasteiger partial charge in [-0.2, -0.15) is 0 Å². The van der Waals surface area contributed by atoms with Crippen LogP contribution in [0.15, 0.2) is 17.1 Å². The van der Waals surface area contributed by atoms with Gasteiger partial charge in [0.05, 0.1) is 5.56 Å². The zero-order chi connectivity index (χ0) is 15.2. The van der Waals surface area contributed by atoms with E-state index in [2.05, 4.69) is 10.3 Å². The molecule has 0 bridgehead atoms. The summed E-state index contributed by atoms with van der Waals surface area (Å²) in [6, 6.07) is 1.55. The zero-order valence-corrected chi connectivity index (χ0v) is 12.0. The number of ether oxygens (including phenoxy) is 1. The number of carbonyl (C=O) groups is 2. The largest absolute Gasteiger partial charge is 0.444 e. The predicted octanol–water partition coefficient (Wildman–Crippen LogP) is 1.64. The maximum absolute atomic E-state index is 11.4. The Hall–Kier alpha value is -2.11. The second-order valence-electron chi connectivity index (χ2n) is 5.44. The molecule has 6 heteroatoms. The van der Waals surface area contributed by atoms with Crippen molar-refractivity contribution in [1.29, 1.82) is 0 Å². The van der Waals surface area contributed by atoms with E-state index in [0.717, 1.165) is 5.56 Å². The summed E-state index contributed by atoms with van der Waals surface area (Å²) in [4.78, 5) is 35.7. The van der Waals surface area contributed by atoms with E-state index in [0.29, 0.717) is 25.7 Å². The summed E-state index contributed by atoms with van der Waals surface area (Å²) in [5.41, 5.74) is 0.0536. The molecule has 0 fully saturated rings. The molecular formula is C14H20N2O4. The molecule has 0 aliphatic rings. The second kappa shape index (κ2) is 6.88. The lowest BCUT2D eigenvalue weighted by atomic mass is 10.1. The number of H-pyrrole nitrogens is 1. The first-order valence-corrected chi connectivity index (χ1v) is 6.45. The molecule has 0 aromatic carbocycles. The number of rotatable bonds is 5. The Balaban J connectivity index is 2.36. The minimum atomic E-state index is -0.512. The van der Waals surface area contributed by atoms with Crippen molar-refractivity contribution in [3.05, 3.63) is 33.7 Å². The number of aldehydes is 1. The average molecular weight is 280 g/mol. The topological polar surface area (TPSA) is 88.3 Å². The zero-order valence-electron chi connectivity index (χ0n) is 12.0. The molecule has 110 valence electrons. The summed E-state index contributed by atoms with van der Waals surface area (Å²) in [5, 5.41) is 2.65. The molecule has 1 aromatic rings. The van der Waals surface area contributed by atoms with Crippen LogP contribution in [-0.2, 0) is 11.2 Å². The van der Waals surface area contributed by atoms with Gasteiger partial charge in [-0.15, -0.1) is 0 Å². The van der Waals surface area contributed by atoms with Crippen LogP contribution in [0.4, 0.5) is 4.79 Å². The molecule has 0 unspecified atom stereocenters. The Morgan fingerprint density at radius 2 is 2.15 bits per heavy atom. The molecule has 0 spiro atoms. The summed E-state index contributed by atoms with van der Waals surface area (Å²) in [6.45, 7) is 5.86. The number of aromatic nitrogens is 1. The minimum absolute atomic E-state index is 0.114. The van der Waals surface area contributed by atoms with Crippen molar-refractivity contribution >= 4 is 12.4 Å². The maximum Gasteiger partial charge on any atom is 0.407 e. The minimum Gasteiger partial charge on any atom is -0.444 e. The highest BCUT2D eigenvalue weighted by atomic mass is 16.6. The number of hydrogen-bond donors (Lipinski definition) is 2. The van der Waals surface area contributed by atoms with Gasteiger partial charge in [-0.25, -0.2) is 4.79 Å². The molecule has 0 aliphatic heterocycles. The normalized spacial score (nSPS) is 10.9. The fourth-order valence-corrected chi connectivity index (χ4v) is 1.58. The van der Waals surface area contributed by atoms with E-state index in [4.69, 9.17) is 4.74 Å². The van der Waals surface area contributed by atoms with Gasteiger partial charge in [-0.3, -0.25) is 9.59 Å². The van der Waals surface area contributed by atoms with E-state index in [1.165, 1.54) is 0 Å². The third-order valence-corrected chi connectivity index (χ3v) is 2.43. The van der Waals surface area contributed by atoms with Crippen LogP contribution in [0.2, 0.25) is 0 Å². The van der Waals surface area contributed by atoms with E-state index in [-0.39, 0.29) is 5.56 Å². The van der Waals surface area contributed by atoms with Gasteiger partial charge in [0.15, 0.2) is 6.29 Å². The standard InChI is InChI=1S/C14H20N2O4/c1-14(2,3)20-13(19)15-6-4-5-10-7-11(9-17)12(18)16-8-10/h7-9H,4-6H2,1-3H3,(H,15,19)(H,16,18). The molecule has 1 heterocycles. The lowest BCUT2D eigenvalue weighted by Gasteiger charge is -2.19. The third kappa shape index (κ3) is 5.69. The lowest BCUT2D eigenvalue weighted by molar-refractivity contribution is 0.0527. The van der Waals surface area contributed by atoms with Gasteiger partial charge in [0.25, 0.3) is 5.56 Å². The quantitative estimate of drug-likeness (QED) is 0.634. The third-order valence-electron chi connectivity index (χ3n) is 2.43. The fourth-order valence-electron chi connectivity index (χ4n) is 1.58. The van der Waals surface area contributed by atoms with Crippen molar-refractivity contribution in [3.8, 4) is 0 Å². The first-order valence-electron chi connectivity index (χ1n) is 6.45. The predicted molar refractivity (Wildman–Crippen MR) is 75.0 cm³/mol. The van der Waals surface area contributed by atoms with Crippen molar-refractivity contribution in [2.75, 3.05) is 6.54 Å². The number of nitrogens with one attached hydrogen (secondary N) is 2. The summed E-state index contributed by atoms with van der Waals surface area (Å²) in [6.07, 6.45) is 2.98. The van der Waals surface area contributed by atoms with Gasteiger partial charge < -0.3 is 15.0 Å². The van der Waals surface area contributed by atoms with Crippen molar-refractivity contribution in [2.45, 2.75) is 39.2 Å². The molecule has 0 radical (unpaired) electrons. The molecule has 2 N–H and O–H groups in total. The van der Waals surface area contributed by atoms with Gasteiger partial charge in [-0.1, -0.05) is 0 Å². The van der Waals surface area contributed by atoms with Crippen LogP contribution < -0.4 is 10.9 Å². The second-order valence-corrected chi connectivity index (χ2v) is 5.44. The van der Waals surface area contributed by atoms with E-state index in [9.17, 15) is 14.4 Å². The first-order chi connectivity index (χ1) is 9.31. The summed E-state index contributed by atoms with van der Waals surface area (Å²) < 4.78 is 5.10.